The van der Waals surface area contributed by atoms with Gasteiger partial charge in [0.2, 0.25) is 0 Å². The maximum atomic E-state index is 12.2. The van der Waals surface area contributed by atoms with Crippen LogP contribution in [-0.4, -0.2) is 45.2 Å². The predicted molar refractivity (Wildman–Crippen MR) is 119 cm³/mol. The second-order valence-electron chi connectivity index (χ2n) is 7.30. The maximum absolute atomic E-state index is 12.2. The molecule has 0 spiro atoms. The van der Waals surface area contributed by atoms with Gasteiger partial charge in [0.05, 0.1) is 29.2 Å². The number of benzene rings is 2. The molecule has 0 fully saturated rings. The summed E-state index contributed by atoms with van der Waals surface area (Å²) in [4.78, 5) is 35.7. The molecule has 0 aliphatic rings. The number of anilines is 1. The van der Waals surface area contributed by atoms with Crippen molar-refractivity contribution < 1.29 is 32.3 Å². The Morgan fingerprint density at radius 1 is 0.969 bits per heavy atom. The zero-order valence-corrected chi connectivity index (χ0v) is 19.2. The number of esters is 2. The van der Waals surface area contributed by atoms with E-state index in [9.17, 15) is 22.8 Å². The van der Waals surface area contributed by atoms with Crippen LogP contribution in [0.25, 0.3) is 0 Å². The van der Waals surface area contributed by atoms with Gasteiger partial charge in [-0.2, -0.15) is 0 Å². The van der Waals surface area contributed by atoms with Gasteiger partial charge in [-0.15, -0.1) is 0 Å². The Balaban J connectivity index is 1.77. The topological polar surface area (TPSA) is 116 Å². The molecule has 0 radical (unpaired) electrons. The van der Waals surface area contributed by atoms with Crippen molar-refractivity contribution in [3.05, 3.63) is 59.1 Å². The van der Waals surface area contributed by atoms with Crippen LogP contribution < -0.4 is 5.32 Å². The molecule has 0 heterocycles. The zero-order valence-electron chi connectivity index (χ0n) is 17.7. The average Bonchev–Trinajstić information content (AvgIpc) is 2.75. The predicted octanol–water partition coefficient (Wildman–Crippen LogP) is 3.50. The van der Waals surface area contributed by atoms with Crippen molar-refractivity contribution in [2.24, 2.45) is 5.92 Å². The molecule has 0 bridgehead atoms. The summed E-state index contributed by atoms with van der Waals surface area (Å²) in [5.41, 5.74) is 0.744. The molecular formula is C22H24ClNO7S. The van der Waals surface area contributed by atoms with E-state index in [4.69, 9.17) is 21.1 Å². The van der Waals surface area contributed by atoms with Crippen LogP contribution in [0.2, 0.25) is 5.02 Å². The van der Waals surface area contributed by atoms with Gasteiger partial charge in [0.15, 0.2) is 16.4 Å². The standard InChI is InChI=1S/C22H24ClNO7S/c1-15(2)13-31-22(27)16-3-7-18(8-4-16)24-20(25)14-30-21(26)11-12-32(28,29)19-9-5-17(23)6-10-19/h3-10,15H,11-14H2,1-2H3,(H,24,25). The molecule has 0 saturated carbocycles. The Morgan fingerprint density at radius 3 is 2.19 bits per heavy atom. The Labute approximate surface area is 191 Å². The van der Waals surface area contributed by atoms with Crippen LogP contribution in [0.3, 0.4) is 0 Å². The summed E-state index contributed by atoms with van der Waals surface area (Å²) in [5, 5.41) is 2.92. The second-order valence-corrected chi connectivity index (χ2v) is 9.85. The van der Waals surface area contributed by atoms with Crippen LogP contribution in [0, 0.1) is 5.92 Å². The lowest BCUT2D eigenvalue weighted by Crippen LogP contribution is -2.22. The number of rotatable bonds is 10. The third-order valence-electron chi connectivity index (χ3n) is 4.06. The van der Waals surface area contributed by atoms with E-state index < -0.39 is 46.5 Å². The zero-order chi connectivity index (χ0) is 23.7. The molecule has 0 aliphatic carbocycles. The first kappa shape index (κ1) is 25.4. The molecule has 0 aliphatic heterocycles. The molecule has 0 aromatic heterocycles. The number of sulfone groups is 1. The van der Waals surface area contributed by atoms with Crippen molar-refractivity contribution in [1.82, 2.24) is 0 Å². The van der Waals surface area contributed by atoms with E-state index in [0.717, 1.165) is 0 Å². The molecule has 1 amide bonds. The first-order valence-electron chi connectivity index (χ1n) is 9.78. The number of ether oxygens (including phenoxy) is 2. The fourth-order valence-corrected chi connectivity index (χ4v) is 3.76. The molecule has 0 unspecified atom stereocenters. The fraction of sp³-hybridized carbons (Fsp3) is 0.318. The van der Waals surface area contributed by atoms with Gasteiger partial charge >= 0.3 is 11.9 Å². The van der Waals surface area contributed by atoms with Crippen LogP contribution in [0.15, 0.2) is 53.4 Å². The number of hydrogen-bond acceptors (Lipinski definition) is 7. The lowest BCUT2D eigenvalue weighted by atomic mass is 10.2. The van der Waals surface area contributed by atoms with Crippen molar-refractivity contribution in [2.75, 3.05) is 24.3 Å². The minimum atomic E-state index is -3.68. The van der Waals surface area contributed by atoms with E-state index in [2.05, 4.69) is 5.32 Å². The van der Waals surface area contributed by atoms with E-state index >= 15 is 0 Å². The number of carbonyl (C=O) groups is 3. The smallest absolute Gasteiger partial charge is 0.338 e. The first-order chi connectivity index (χ1) is 15.1. The van der Waals surface area contributed by atoms with Gasteiger partial charge in [-0.1, -0.05) is 25.4 Å². The Hall–Kier alpha value is -2.91. The summed E-state index contributed by atoms with van der Waals surface area (Å²) < 4.78 is 34.4. The highest BCUT2D eigenvalue weighted by Crippen LogP contribution is 2.16. The van der Waals surface area contributed by atoms with Gasteiger partial charge in [-0.05, 0) is 54.4 Å². The highest BCUT2D eigenvalue weighted by Gasteiger charge is 2.18. The highest BCUT2D eigenvalue weighted by atomic mass is 35.5. The van der Waals surface area contributed by atoms with Gasteiger partial charge in [0, 0.05) is 10.7 Å². The third kappa shape index (κ3) is 8.32. The SMILES string of the molecule is CC(C)COC(=O)c1ccc(NC(=O)COC(=O)CCS(=O)(=O)c2ccc(Cl)cc2)cc1. The largest absolute Gasteiger partial charge is 0.462 e. The lowest BCUT2D eigenvalue weighted by Gasteiger charge is -2.09. The van der Waals surface area contributed by atoms with Crippen LogP contribution >= 0.6 is 11.6 Å². The van der Waals surface area contributed by atoms with Gasteiger partial charge in [-0.3, -0.25) is 9.59 Å². The summed E-state index contributed by atoms with van der Waals surface area (Å²) in [5.74, 6) is -2.12. The van der Waals surface area contributed by atoms with Gasteiger partial charge < -0.3 is 14.8 Å². The Kier molecular flexibility index (Phi) is 9.22. The van der Waals surface area contributed by atoms with Crippen LogP contribution in [0.4, 0.5) is 5.69 Å². The normalized spacial score (nSPS) is 11.1. The van der Waals surface area contributed by atoms with Crippen LogP contribution in [-0.2, 0) is 28.9 Å². The summed E-state index contributed by atoms with van der Waals surface area (Å²) in [6.45, 7) is 3.59. The number of halogens is 1. The maximum Gasteiger partial charge on any atom is 0.338 e. The summed E-state index contributed by atoms with van der Waals surface area (Å²) >= 11 is 5.74. The van der Waals surface area contributed by atoms with E-state index in [1.165, 1.54) is 48.5 Å². The minimum absolute atomic E-state index is 0.0453. The lowest BCUT2D eigenvalue weighted by molar-refractivity contribution is -0.146. The number of amides is 1. The second kappa shape index (κ2) is 11.6. The molecule has 1 N–H and O–H groups in total. The number of carbonyl (C=O) groups excluding carboxylic acids is 3. The van der Waals surface area contributed by atoms with E-state index in [0.29, 0.717) is 22.9 Å². The molecule has 2 aromatic rings. The van der Waals surface area contributed by atoms with Crippen LogP contribution in [0.5, 0.6) is 0 Å². The van der Waals surface area contributed by atoms with Crippen LogP contribution in [0.1, 0.15) is 30.6 Å². The molecule has 32 heavy (non-hydrogen) atoms. The van der Waals surface area contributed by atoms with Crippen molar-refractivity contribution in [2.45, 2.75) is 25.2 Å². The fourth-order valence-electron chi connectivity index (χ4n) is 2.41. The molecular weight excluding hydrogens is 458 g/mol. The summed E-state index contributed by atoms with van der Waals surface area (Å²) in [6, 6.07) is 11.6. The molecule has 10 heteroatoms. The first-order valence-corrected chi connectivity index (χ1v) is 11.8. The third-order valence-corrected chi connectivity index (χ3v) is 6.05. The quantitative estimate of drug-likeness (QED) is 0.516. The molecule has 0 saturated heterocycles. The molecule has 2 aromatic carbocycles. The highest BCUT2D eigenvalue weighted by molar-refractivity contribution is 7.91. The monoisotopic (exact) mass is 481 g/mol. The molecule has 2 rings (SSSR count). The van der Waals surface area contributed by atoms with Crippen molar-refractivity contribution in [1.29, 1.82) is 0 Å². The van der Waals surface area contributed by atoms with Gasteiger partial charge in [0.1, 0.15) is 0 Å². The average molecular weight is 482 g/mol. The summed E-state index contributed by atoms with van der Waals surface area (Å²) in [7, 11) is -3.68. The van der Waals surface area contributed by atoms with Gasteiger partial charge in [0.25, 0.3) is 5.91 Å². The molecule has 8 nitrogen and oxygen atoms in total. The van der Waals surface area contributed by atoms with E-state index in [1.807, 2.05) is 13.8 Å². The van der Waals surface area contributed by atoms with Crippen molar-refractivity contribution in [3.63, 3.8) is 0 Å². The molecule has 0 atom stereocenters. The Bertz CT molecular complexity index is 1050. The number of hydrogen-bond donors (Lipinski definition) is 1. The Morgan fingerprint density at radius 2 is 1.59 bits per heavy atom. The van der Waals surface area contributed by atoms with Crippen molar-refractivity contribution >= 4 is 45.0 Å². The van der Waals surface area contributed by atoms with E-state index in [-0.39, 0.29) is 10.8 Å². The number of nitrogens with one attached hydrogen (secondary N) is 1. The van der Waals surface area contributed by atoms with E-state index in [1.54, 1.807) is 0 Å². The minimum Gasteiger partial charge on any atom is -0.462 e. The van der Waals surface area contributed by atoms with Gasteiger partial charge in [-0.25, -0.2) is 13.2 Å². The molecule has 172 valence electrons. The summed E-state index contributed by atoms with van der Waals surface area (Å²) in [6.07, 6.45) is -0.397. The van der Waals surface area contributed by atoms with Crippen molar-refractivity contribution in [3.8, 4) is 0 Å².